The number of nitro groups is 1. The van der Waals surface area contributed by atoms with Crippen molar-refractivity contribution < 1.29 is 38.2 Å². The van der Waals surface area contributed by atoms with Gasteiger partial charge in [0.25, 0.3) is 11.6 Å². The number of carbonyl (C=O) groups is 2. The normalized spacial score (nSPS) is 13.9. The molecule has 4 aromatic carbocycles. The summed E-state index contributed by atoms with van der Waals surface area (Å²) in [6.07, 6.45) is -1.05. The van der Waals surface area contributed by atoms with Crippen LogP contribution >= 0.6 is 11.6 Å². The topological polar surface area (TPSA) is 142 Å². The third kappa shape index (κ3) is 5.18. The van der Waals surface area contributed by atoms with Gasteiger partial charge in [0.2, 0.25) is 5.75 Å². The van der Waals surface area contributed by atoms with Gasteiger partial charge in [-0.25, -0.2) is 4.79 Å². The van der Waals surface area contributed by atoms with Crippen LogP contribution in [0.5, 0.6) is 28.7 Å². The van der Waals surface area contributed by atoms with E-state index < -0.39 is 11.1 Å². The van der Waals surface area contributed by atoms with Crippen molar-refractivity contribution in [2.24, 2.45) is 0 Å². The van der Waals surface area contributed by atoms with Crippen LogP contribution in [0, 0.1) is 10.1 Å². The molecule has 230 valence electrons. The molecule has 5 aromatic rings. The fraction of sp³-hybridized carbons (Fsp3) is 0.188. The first kappa shape index (κ1) is 29.6. The number of fused-ring (bicyclic) bond motifs is 4. The Morgan fingerprint density at radius 3 is 2.29 bits per heavy atom. The molecule has 1 amide bonds. The number of non-ortho nitro benzene ring substituents is 1. The summed E-state index contributed by atoms with van der Waals surface area (Å²) in [5.74, 6) is 1.16. The number of benzene rings is 4. The predicted molar refractivity (Wildman–Crippen MR) is 167 cm³/mol. The van der Waals surface area contributed by atoms with Gasteiger partial charge in [0.1, 0.15) is 17.2 Å². The molecule has 0 saturated heterocycles. The molecule has 0 radical (unpaired) electrons. The van der Waals surface area contributed by atoms with Gasteiger partial charge in [0.05, 0.1) is 37.5 Å². The lowest BCUT2D eigenvalue weighted by atomic mass is 9.95. The quantitative estimate of drug-likeness (QED) is 0.0642. The largest absolute Gasteiger partial charge is 0.519 e. The maximum atomic E-state index is 14.1. The van der Waals surface area contributed by atoms with E-state index in [0.717, 1.165) is 10.9 Å². The Kier molecular flexibility index (Phi) is 7.81. The van der Waals surface area contributed by atoms with Crippen molar-refractivity contribution in [3.05, 3.63) is 88.1 Å². The Labute approximate surface area is 261 Å². The van der Waals surface area contributed by atoms with E-state index in [4.69, 9.17) is 35.3 Å². The lowest BCUT2D eigenvalue weighted by Crippen LogP contribution is -2.30. The predicted octanol–water partition coefficient (Wildman–Crippen LogP) is 6.82. The number of nitrogens with one attached hydrogen (secondary N) is 1. The Hall–Kier alpha value is -5.49. The van der Waals surface area contributed by atoms with Gasteiger partial charge in [-0.2, -0.15) is 0 Å². The van der Waals surface area contributed by atoms with Crippen LogP contribution in [0.1, 0.15) is 22.0 Å². The molecule has 1 aromatic heterocycles. The van der Waals surface area contributed by atoms with E-state index in [0.29, 0.717) is 39.2 Å². The minimum atomic E-state index is -1.05. The van der Waals surface area contributed by atoms with Crippen LogP contribution in [0.3, 0.4) is 0 Å². The Morgan fingerprint density at radius 1 is 0.933 bits per heavy atom. The first-order valence-corrected chi connectivity index (χ1v) is 14.2. The van der Waals surface area contributed by atoms with Crippen LogP contribution < -0.4 is 28.6 Å². The summed E-state index contributed by atoms with van der Waals surface area (Å²) in [4.78, 5) is 42.1. The highest BCUT2D eigenvalue weighted by Crippen LogP contribution is 2.47. The molecule has 12 nitrogen and oxygen atoms in total. The fourth-order valence-electron chi connectivity index (χ4n) is 5.66. The van der Waals surface area contributed by atoms with Gasteiger partial charge in [-0.3, -0.25) is 14.9 Å². The summed E-state index contributed by atoms with van der Waals surface area (Å²) < 4.78 is 27.5. The lowest BCUT2D eigenvalue weighted by Gasteiger charge is -2.18. The van der Waals surface area contributed by atoms with Crippen LogP contribution in [-0.4, -0.2) is 55.7 Å². The summed E-state index contributed by atoms with van der Waals surface area (Å²) in [5, 5.41) is 13.0. The van der Waals surface area contributed by atoms with Crippen LogP contribution in [0.25, 0.3) is 21.7 Å². The molecule has 0 aliphatic carbocycles. The monoisotopic (exact) mass is 631 g/mol. The zero-order chi connectivity index (χ0) is 31.8. The number of halogens is 1. The van der Waals surface area contributed by atoms with Gasteiger partial charge in [0.15, 0.2) is 11.5 Å². The van der Waals surface area contributed by atoms with Gasteiger partial charge in [-0.1, -0.05) is 24.3 Å². The molecule has 0 bridgehead atoms. The SMILES string of the molecule is COc1cc2cc(C(=O)N3C[C@@H](CCl)c4c3cc(OC(=O)Oc3ccc([N+](=O)[O-])cc3)c3ccccc43)[nH]c2c(OC)c1OC. The van der Waals surface area contributed by atoms with E-state index in [2.05, 4.69) is 4.98 Å². The second-order valence-corrected chi connectivity index (χ2v) is 10.4. The standard InChI is InChI=1S/C32H26ClN3O9/c1-41-26-13-17-12-23(34-28(17)30(43-3)29(26)42-2)31(37)35-16-18(15-33)27-22-7-5-4-6-21(22)25(14-24(27)35)45-32(38)44-20-10-8-19(9-11-20)36(39)40/h4-14,18,34H,15-16H2,1-3H3/t18-/m1/s1. The smallest absolute Gasteiger partial charge is 0.493 e. The number of alkyl halides is 1. The molecule has 2 heterocycles. The minimum absolute atomic E-state index is 0.0672. The van der Waals surface area contributed by atoms with Crippen molar-refractivity contribution in [2.45, 2.75) is 5.92 Å². The number of amides is 1. The Balaban J connectivity index is 1.38. The molecule has 1 N–H and O–H groups in total. The second kappa shape index (κ2) is 11.9. The average Bonchev–Trinajstić information content (AvgIpc) is 3.65. The van der Waals surface area contributed by atoms with Crippen LogP contribution in [0.2, 0.25) is 0 Å². The lowest BCUT2D eigenvalue weighted by molar-refractivity contribution is -0.384. The number of anilines is 1. The van der Waals surface area contributed by atoms with Crippen molar-refractivity contribution in [3.8, 4) is 28.7 Å². The summed E-state index contributed by atoms with van der Waals surface area (Å²) >= 11 is 6.43. The number of hydrogen-bond donors (Lipinski definition) is 1. The van der Waals surface area contributed by atoms with Crippen molar-refractivity contribution in [3.63, 3.8) is 0 Å². The van der Waals surface area contributed by atoms with Gasteiger partial charge in [0, 0.05) is 47.3 Å². The molecule has 0 saturated carbocycles. The van der Waals surface area contributed by atoms with Gasteiger partial charge in [-0.15, -0.1) is 11.6 Å². The fourth-order valence-corrected chi connectivity index (χ4v) is 5.91. The van der Waals surface area contributed by atoms with Crippen LogP contribution in [0.4, 0.5) is 16.2 Å². The Bertz CT molecular complexity index is 1970. The minimum Gasteiger partial charge on any atom is -0.493 e. The summed E-state index contributed by atoms with van der Waals surface area (Å²) in [6, 6.07) is 17.4. The molecule has 13 heteroatoms. The van der Waals surface area contributed by atoms with Crippen molar-refractivity contribution >= 4 is 56.7 Å². The summed E-state index contributed by atoms with van der Waals surface area (Å²) in [6.45, 7) is 0.289. The number of aromatic nitrogens is 1. The maximum absolute atomic E-state index is 14.1. The first-order valence-electron chi connectivity index (χ1n) is 13.7. The van der Waals surface area contributed by atoms with E-state index in [-0.39, 0.29) is 47.1 Å². The molecule has 1 atom stereocenters. The van der Waals surface area contributed by atoms with Crippen molar-refractivity contribution in [1.29, 1.82) is 0 Å². The maximum Gasteiger partial charge on any atom is 0.519 e. The summed E-state index contributed by atoms with van der Waals surface area (Å²) in [7, 11) is 4.52. The number of carbonyl (C=O) groups excluding carboxylic acids is 2. The molecule has 0 spiro atoms. The zero-order valence-corrected chi connectivity index (χ0v) is 25.0. The number of nitro benzene ring substituents is 1. The molecule has 0 unspecified atom stereocenters. The number of hydrogen-bond acceptors (Lipinski definition) is 9. The second-order valence-electron chi connectivity index (χ2n) is 10.1. The third-order valence-electron chi connectivity index (χ3n) is 7.65. The number of H-pyrrole nitrogens is 1. The third-order valence-corrected chi connectivity index (χ3v) is 8.02. The van der Waals surface area contributed by atoms with Gasteiger partial charge >= 0.3 is 6.16 Å². The highest BCUT2D eigenvalue weighted by molar-refractivity contribution is 6.19. The van der Waals surface area contributed by atoms with E-state index in [9.17, 15) is 19.7 Å². The highest BCUT2D eigenvalue weighted by atomic mass is 35.5. The summed E-state index contributed by atoms with van der Waals surface area (Å²) in [5.41, 5.74) is 2.08. The van der Waals surface area contributed by atoms with E-state index in [1.807, 2.05) is 12.1 Å². The molecule has 1 aliphatic rings. The van der Waals surface area contributed by atoms with Crippen molar-refractivity contribution in [2.75, 3.05) is 38.7 Å². The molecular formula is C32H26ClN3O9. The van der Waals surface area contributed by atoms with E-state index in [1.165, 1.54) is 45.6 Å². The number of nitrogens with zero attached hydrogens (tertiary/aromatic N) is 2. The number of methoxy groups -OCH3 is 3. The van der Waals surface area contributed by atoms with E-state index in [1.54, 1.807) is 35.2 Å². The zero-order valence-electron chi connectivity index (χ0n) is 24.3. The molecule has 0 fully saturated rings. The molecule has 1 aliphatic heterocycles. The first-order chi connectivity index (χ1) is 21.8. The number of rotatable bonds is 8. The molecule has 6 rings (SSSR count). The van der Waals surface area contributed by atoms with Crippen molar-refractivity contribution in [1.82, 2.24) is 4.98 Å². The Morgan fingerprint density at radius 2 is 1.64 bits per heavy atom. The van der Waals surface area contributed by atoms with Crippen LogP contribution in [0.15, 0.2) is 66.7 Å². The molecule has 45 heavy (non-hydrogen) atoms. The van der Waals surface area contributed by atoms with E-state index >= 15 is 0 Å². The van der Waals surface area contributed by atoms with Gasteiger partial charge in [-0.05, 0) is 35.2 Å². The number of aromatic amines is 1. The number of ether oxygens (including phenoxy) is 5. The molecular weight excluding hydrogens is 606 g/mol. The van der Waals surface area contributed by atoms with Gasteiger partial charge < -0.3 is 33.6 Å². The average molecular weight is 632 g/mol. The van der Waals surface area contributed by atoms with Crippen LogP contribution in [-0.2, 0) is 0 Å². The highest BCUT2D eigenvalue weighted by Gasteiger charge is 2.36.